The van der Waals surface area contributed by atoms with Crippen LogP contribution in [0.25, 0.3) is 10.9 Å². The first kappa shape index (κ1) is 14.4. The molecule has 5 nitrogen and oxygen atoms in total. The van der Waals surface area contributed by atoms with Crippen LogP contribution in [0.3, 0.4) is 0 Å². The lowest BCUT2D eigenvalue weighted by Crippen LogP contribution is -2.18. The van der Waals surface area contributed by atoms with E-state index >= 15 is 0 Å². The lowest BCUT2D eigenvalue weighted by Gasteiger charge is -2.08. The van der Waals surface area contributed by atoms with E-state index in [0.717, 1.165) is 20.7 Å². The summed E-state index contributed by atoms with van der Waals surface area (Å²) >= 11 is 1.59. The van der Waals surface area contributed by atoms with Crippen molar-refractivity contribution in [2.45, 2.75) is 9.79 Å². The molecular formula is C16H14N4OS. The van der Waals surface area contributed by atoms with Crippen LogP contribution in [0.4, 0.5) is 5.82 Å². The number of hydrogen-bond acceptors (Lipinski definition) is 5. The highest BCUT2D eigenvalue weighted by Crippen LogP contribution is 2.34. The van der Waals surface area contributed by atoms with Crippen LogP contribution < -0.4 is 11.2 Å². The standard InChI is InChI=1S/C16H14N4OS/c17-15-9-14(12-3-1-2-4-13(12)19-15)22-11-7-5-10(6-8-11)16(18)20-21/h1-9,21H,(H2,17,19)(H2,18,20). The SMILES string of the molecule is N=C(NO)c1ccc(Sc2cc(N)nc3ccccc23)cc1. The highest BCUT2D eigenvalue weighted by molar-refractivity contribution is 7.99. The molecule has 0 aliphatic carbocycles. The third-order valence-corrected chi connectivity index (χ3v) is 4.25. The van der Waals surface area contributed by atoms with Crippen molar-refractivity contribution in [3.8, 4) is 0 Å². The molecule has 0 radical (unpaired) electrons. The quantitative estimate of drug-likeness (QED) is 0.338. The van der Waals surface area contributed by atoms with Gasteiger partial charge < -0.3 is 5.73 Å². The van der Waals surface area contributed by atoms with E-state index < -0.39 is 0 Å². The number of anilines is 1. The van der Waals surface area contributed by atoms with E-state index in [1.807, 2.05) is 47.9 Å². The van der Waals surface area contributed by atoms with Gasteiger partial charge >= 0.3 is 0 Å². The monoisotopic (exact) mass is 310 g/mol. The molecule has 2 aromatic carbocycles. The molecule has 0 unspecified atom stereocenters. The molecule has 22 heavy (non-hydrogen) atoms. The first-order valence-electron chi connectivity index (χ1n) is 6.59. The van der Waals surface area contributed by atoms with Crippen molar-refractivity contribution in [2.75, 3.05) is 5.73 Å². The average molecular weight is 310 g/mol. The predicted molar refractivity (Wildman–Crippen MR) is 88.5 cm³/mol. The average Bonchev–Trinajstić information content (AvgIpc) is 2.54. The molecule has 0 fully saturated rings. The smallest absolute Gasteiger partial charge is 0.149 e. The van der Waals surface area contributed by atoms with Crippen LogP contribution in [0.5, 0.6) is 0 Å². The van der Waals surface area contributed by atoms with Crippen LogP contribution in [0.15, 0.2) is 64.4 Å². The second-order valence-corrected chi connectivity index (χ2v) is 5.79. The predicted octanol–water partition coefficient (Wildman–Crippen LogP) is 3.27. The summed E-state index contributed by atoms with van der Waals surface area (Å²) in [5.74, 6) is 0.458. The van der Waals surface area contributed by atoms with Crippen molar-refractivity contribution < 1.29 is 5.21 Å². The normalized spacial score (nSPS) is 10.6. The molecule has 6 heteroatoms. The van der Waals surface area contributed by atoms with Crippen molar-refractivity contribution in [1.29, 1.82) is 5.41 Å². The second kappa shape index (κ2) is 6.05. The van der Waals surface area contributed by atoms with E-state index in [1.165, 1.54) is 0 Å². The number of fused-ring (bicyclic) bond motifs is 1. The van der Waals surface area contributed by atoms with Gasteiger partial charge in [-0.1, -0.05) is 42.1 Å². The van der Waals surface area contributed by atoms with Crippen LogP contribution >= 0.6 is 11.8 Å². The van der Waals surface area contributed by atoms with Crippen LogP contribution in [0, 0.1) is 5.41 Å². The second-order valence-electron chi connectivity index (χ2n) is 4.68. The molecule has 0 bridgehead atoms. The molecule has 1 heterocycles. The van der Waals surface area contributed by atoms with Crippen LogP contribution in [-0.2, 0) is 0 Å². The van der Waals surface area contributed by atoms with Crippen molar-refractivity contribution in [3.63, 3.8) is 0 Å². The molecule has 0 aliphatic heterocycles. The van der Waals surface area contributed by atoms with E-state index in [0.29, 0.717) is 11.4 Å². The Hall–Kier alpha value is -2.57. The van der Waals surface area contributed by atoms with Crippen molar-refractivity contribution in [2.24, 2.45) is 0 Å². The topological polar surface area (TPSA) is 95.0 Å². The zero-order chi connectivity index (χ0) is 15.5. The Kier molecular flexibility index (Phi) is 3.95. The number of amidine groups is 1. The summed E-state index contributed by atoms with van der Waals surface area (Å²) in [6.45, 7) is 0. The Labute approximate surface area is 131 Å². The molecule has 5 N–H and O–H groups in total. The van der Waals surface area contributed by atoms with Gasteiger partial charge in [-0.05, 0) is 24.3 Å². The van der Waals surface area contributed by atoms with Crippen molar-refractivity contribution in [1.82, 2.24) is 10.5 Å². The Morgan fingerprint density at radius 1 is 1.14 bits per heavy atom. The van der Waals surface area contributed by atoms with E-state index in [9.17, 15) is 0 Å². The number of hydrogen-bond donors (Lipinski definition) is 4. The van der Waals surface area contributed by atoms with Gasteiger partial charge in [-0.3, -0.25) is 16.1 Å². The minimum Gasteiger partial charge on any atom is -0.384 e. The summed E-state index contributed by atoms with van der Waals surface area (Å²) in [4.78, 5) is 6.38. The highest BCUT2D eigenvalue weighted by atomic mass is 32.2. The van der Waals surface area contributed by atoms with E-state index in [2.05, 4.69) is 4.98 Å². The third kappa shape index (κ3) is 2.88. The maximum Gasteiger partial charge on any atom is 0.149 e. The van der Waals surface area contributed by atoms with Gasteiger partial charge in [0.25, 0.3) is 0 Å². The Balaban J connectivity index is 1.94. The molecule has 110 valence electrons. The fraction of sp³-hybridized carbons (Fsp3) is 0. The third-order valence-electron chi connectivity index (χ3n) is 3.18. The molecule has 0 saturated heterocycles. The maximum atomic E-state index is 8.74. The van der Waals surface area contributed by atoms with Crippen LogP contribution in [0.1, 0.15) is 5.56 Å². The number of nitrogens with zero attached hydrogens (tertiary/aromatic N) is 1. The van der Waals surface area contributed by atoms with Gasteiger partial charge in [-0.15, -0.1) is 0 Å². The number of hydroxylamine groups is 1. The summed E-state index contributed by atoms with van der Waals surface area (Å²) in [5, 5.41) is 17.3. The zero-order valence-corrected chi connectivity index (χ0v) is 12.4. The Morgan fingerprint density at radius 2 is 1.86 bits per heavy atom. The molecule has 3 rings (SSSR count). The fourth-order valence-electron chi connectivity index (χ4n) is 2.13. The number of rotatable bonds is 3. The Morgan fingerprint density at radius 3 is 2.59 bits per heavy atom. The summed E-state index contributed by atoms with van der Waals surface area (Å²) in [6.07, 6.45) is 0. The van der Waals surface area contributed by atoms with Gasteiger partial charge in [0, 0.05) is 20.7 Å². The molecule has 0 saturated carbocycles. The number of benzene rings is 2. The summed E-state index contributed by atoms with van der Waals surface area (Å²) < 4.78 is 0. The molecule has 3 aromatic rings. The summed E-state index contributed by atoms with van der Waals surface area (Å²) in [6, 6.07) is 17.1. The van der Waals surface area contributed by atoms with Crippen molar-refractivity contribution >= 4 is 34.3 Å². The number of nitrogen functional groups attached to an aromatic ring is 1. The van der Waals surface area contributed by atoms with E-state index in [1.54, 1.807) is 23.9 Å². The first-order valence-corrected chi connectivity index (χ1v) is 7.41. The minimum atomic E-state index is -0.0323. The Bertz CT molecular complexity index is 833. The first-order chi connectivity index (χ1) is 10.7. The zero-order valence-electron chi connectivity index (χ0n) is 11.6. The largest absolute Gasteiger partial charge is 0.384 e. The van der Waals surface area contributed by atoms with Crippen molar-refractivity contribution in [3.05, 3.63) is 60.2 Å². The van der Waals surface area contributed by atoms with Crippen LogP contribution in [-0.4, -0.2) is 16.0 Å². The molecule has 0 aliphatic rings. The van der Waals surface area contributed by atoms with Gasteiger partial charge in [0.1, 0.15) is 11.7 Å². The van der Waals surface area contributed by atoms with Gasteiger partial charge in [0.2, 0.25) is 0 Å². The summed E-state index contributed by atoms with van der Waals surface area (Å²) in [7, 11) is 0. The lowest BCUT2D eigenvalue weighted by atomic mass is 10.2. The van der Waals surface area contributed by atoms with E-state index in [-0.39, 0.29) is 5.84 Å². The number of para-hydroxylation sites is 1. The van der Waals surface area contributed by atoms with E-state index in [4.69, 9.17) is 16.4 Å². The molecule has 1 aromatic heterocycles. The number of aromatic nitrogens is 1. The van der Waals surface area contributed by atoms with Gasteiger partial charge in [-0.2, -0.15) is 0 Å². The fourth-order valence-corrected chi connectivity index (χ4v) is 3.12. The van der Waals surface area contributed by atoms with Gasteiger partial charge in [-0.25, -0.2) is 4.98 Å². The summed E-state index contributed by atoms with van der Waals surface area (Å²) in [5.41, 5.74) is 9.19. The van der Waals surface area contributed by atoms with Gasteiger partial charge in [0.05, 0.1) is 5.52 Å². The molecule has 0 amide bonds. The number of nitrogens with one attached hydrogen (secondary N) is 2. The van der Waals surface area contributed by atoms with Crippen LogP contribution in [0.2, 0.25) is 0 Å². The maximum absolute atomic E-state index is 8.74. The lowest BCUT2D eigenvalue weighted by molar-refractivity contribution is 0.234. The molecule has 0 spiro atoms. The number of nitrogens with two attached hydrogens (primary N) is 1. The molecule has 0 atom stereocenters. The number of pyridine rings is 1. The molecular weight excluding hydrogens is 296 g/mol. The minimum absolute atomic E-state index is 0.0323. The highest BCUT2D eigenvalue weighted by Gasteiger charge is 2.07. The van der Waals surface area contributed by atoms with Gasteiger partial charge in [0.15, 0.2) is 0 Å².